The molecule has 0 atom stereocenters. The van der Waals surface area contributed by atoms with Crippen LogP contribution in [-0.4, -0.2) is 15.0 Å². The number of nitrogens with one attached hydrogen (secondary N) is 1. The average molecular weight is 460 g/mol. The first-order valence-corrected chi connectivity index (χ1v) is 11.9. The zero-order valence-corrected chi connectivity index (χ0v) is 19.5. The van der Waals surface area contributed by atoms with Crippen LogP contribution in [0.25, 0.3) is 10.2 Å². The van der Waals surface area contributed by atoms with Crippen LogP contribution in [0.5, 0.6) is 0 Å². The molecule has 0 saturated carbocycles. The predicted molar refractivity (Wildman–Crippen MR) is 132 cm³/mol. The number of aromatic nitrogens is 2. The predicted octanol–water partition coefficient (Wildman–Crippen LogP) is 4.02. The lowest BCUT2D eigenvalue weighted by Crippen LogP contribution is -2.41. The highest BCUT2D eigenvalue weighted by atomic mass is 32.1. The summed E-state index contributed by atoms with van der Waals surface area (Å²) < 4.78 is 2.75. The highest BCUT2D eigenvalue weighted by molar-refractivity contribution is 7.19. The van der Waals surface area contributed by atoms with Gasteiger partial charge in [0.25, 0.3) is 5.56 Å². The van der Waals surface area contributed by atoms with Crippen molar-refractivity contribution < 1.29 is 4.79 Å². The standard InChI is InChI=1S/C26H25N3O3S/c1-16-8-6-9-17(2)23(16)27-21(30)15-29-25-22(19-12-7-13-20(19)33-25)24(31)28(26(29)32)14-18-10-4-3-5-11-18/h3-6,8-11H,7,12-15H2,1-2H3,(H,27,30). The quantitative estimate of drug-likeness (QED) is 0.490. The van der Waals surface area contributed by atoms with Gasteiger partial charge < -0.3 is 5.32 Å². The molecule has 0 bridgehead atoms. The van der Waals surface area contributed by atoms with Crippen LogP contribution < -0.4 is 16.6 Å². The first-order chi connectivity index (χ1) is 15.9. The molecule has 6 nitrogen and oxygen atoms in total. The van der Waals surface area contributed by atoms with E-state index in [1.807, 2.05) is 62.4 Å². The summed E-state index contributed by atoms with van der Waals surface area (Å²) in [5.74, 6) is -0.283. The van der Waals surface area contributed by atoms with Crippen molar-refractivity contribution in [2.75, 3.05) is 5.32 Å². The van der Waals surface area contributed by atoms with Gasteiger partial charge >= 0.3 is 5.69 Å². The number of anilines is 1. The molecule has 0 aliphatic heterocycles. The summed E-state index contributed by atoms with van der Waals surface area (Å²) in [6.45, 7) is 3.92. The zero-order valence-electron chi connectivity index (χ0n) is 18.7. The van der Waals surface area contributed by atoms with Gasteiger partial charge in [-0.2, -0.15) is 0 Å². The number of carbonyl (C=O) groups excluding carboxylic acids is 1. The Morgan fingerprint density at radius 1 is 0.970 bits per heavy atom. The average Bonchev–Trinajstić information content (AvgIpc) is 3.39. The number of hydrogen-bond donors (Lipinski definition) is 1. The number of fused-ring (bicyclic) bond motifs is 3. The van der Waals surface area contributed by atoms with E-state index in [-0.39, 0.29) is 24.6 Å². The number of carbonyl (C=O) groups is 1. The number of thiophene rings is 1. The third-order valence-corrected chi connectivity index (χ3v) is 7.61. The molecule has 2 aromatic heterocycles. The minimum atomic E-state index is -0.451. The summed E-state index contributed by atoms with van der Waals surface area (Å²) >= 11 is 1.48. The van der Waals surface area contributed by atoms with Crippen LogP contribution in [0.4, 0.5) is 5.69 Å². The molecule has 1 N–H and O–H groups in total. The minimum Gasteiger partial charge on any atom is -0.324 e. The Hall–Kier alpha value is -3.45. The number of para-hydroxylation sites is 1. The second-order valence-electron chi connectivity index (χ2n) is 8.60. The fourth-order valence-corrected chi connectivity index (χ4v) is 6.01. The van der Waals surface area contributed by atoms with Gasteiger partial charge in [0.2, 0.25) is 5.91 Å². The van der Waals surface area contributed by atoms with Gasteiger partial charge in [-0.05, 0) is 55.4 Å². The van der Waals surface area contributed by atoms with Crippen LogP contribution in [-0.2, 0) is 30.7 Å². The molecule has 2 aromatic carbocycles. The van der Waals surface area contributed by atoms with E-state index in [0.29, 0.717) is 10.2 Å². The highest BCUT2D eigenvalue weighted by Crippen LogP contribution is 2.35. The molecule has 1 aliphatic rings. The topological polar surface area (TPSA) is 73.1 Å². The monoisotopic (exact) mass is 459 g/mol. The van der Waals surface area contributed by atoms with Gasteiger partial charge in [0, 0.05) is 10.6 Å². The molecule has 0 spiro atoms. The molecule has 5 rings (SSSR count). The van der Waals surface area contributed by atoms with Crippen LogP contribution in [0, 0.1) is 13.8 Å². The van der Waals surface area contributed by atoms with Gasteiger partial charge in [-0.15, -0.1) is 11.3 Å². The minimum absolute atomic E-state index is 0.141. The van der Waals surface area contributed by atoms with Crippen molar-refractivity contribution in [2.24, 2.45) is 0 Å². The van der Waals surface area contributed by atoms with E-state index in [4.69, 9.17) is 0 Å². The van der Waals surface area contributed by atoms with Crippen molar-refractivity contribution in [2.45, 2.75) is 46.2 Å². The Labute approximate surface area is 195 Å². The SMILES string of the molecule is Cc1cccc(C)c1NC(=O)Cn1c(=O)n(Cc2ccccc2)c(=O)c2c3c(sc21)CCC3. The molecule has 7 heteroatoms. The Balaban J connectivity index is 1.61. The maximum Gasteiger partial charge on any atom is 0.332 e. The molecule has 168 valence electrons. The van der Waals surface area contributed by atoms with E-state index >= 15 is 0 Å². The van der Waals surface area contributed by atoms with Crippen LogP contribution in [0.2, 0.25) is 0 Å². The van der Waals surface area contributed by atoms with E-state index in [1.54, 1.807) is 0 Å². The Morgan fingerprint density at radius 3 is 2.42 bits per heavy atom. The van der Waals surface area contributed by atoms with Crippen molar-refractivity contribution in [3.63, 3.8) is 0 Å². The van der Waals surface area contributed by atoms with E-state index in [0.717, 1.165) is 52.1 Å². The first kappa shape index (κ1) is 21.4. The van der Waals surface area contributed by atoms with Crippen LogP contribution >= 0.6 is 11.3 Å². The van der Waals surface area contributed by atoms with Crippen molar-refractivity contribution in [1.82, 2.24) is 9.13 Å². The number of benzene rings is 2. The van der Waals surface area contributed by atoms with Crippen molar-refractivity contribution >= 4 is 33.1 Å². The molecule has 1 aliphatic carbocycles. The summed E-state index contributed by atoms with van der Waals surface area (Å²) in [5, 5.41) is 3.57. The van der Waals surface area contributed by atoms with Crippen LogP contribution in [0.3, 0.4) is 0 Å². The van der Waals surface area contributed by atoms with Gasteiger partial charge in [0.05, 0.1) is 11.9 Å². The summed E-state index contributed by atoms with van der Waals surface area (Å²) in [4.78, 5) is 41.8. The van der Waals surface area contributed by atoms with Gasteiger partial charge in [0.1, 0.15) is 11.4 Å². The molecular formula is C26H25N3O3S. The second-order valence-corrected chi connectivity index (χ2v) is 9.68. The lowest BCUT2D eigenvalue weighted by molar-refractivity contribution is -0.116. The van der Waals surface area contributed by atoms with Gasteiger partial charge in [0.15, 0.2) is 0 Å². The number of hydrogen-bond acceptors (Lipinski definition) is 4. The number of rotatable bonds is 5. The van der Waals surface area contributed by atoms with E-state index in [1.165, 1.54) is 20.5 Å². The van der Waals surface area contributed by atoms with Gasteiger partial charge in [-0.25, -0.2) is 4.79 Å². The largest absolute Gasteiger partial charge is 0.332 e. The lowest BCUT2D eigenvalue weighted by atomic mass is 10.1. The maximum atomic E-state index is 13.5. The van der Waals surface area contributed by atoms with Crippen molar-refractivity contribution in [3.05, 3.63) is 96.5 Å². The van der Waals surface area contributed by atoms with E-state index < -0.39 is 5.69 Å². The summed E-state index contributed by atoms with van der Waals surface area (Å²) in [6.07, 6.45) is 2.76. The molecule has 1 amide bonds. The van der Waals surface area contributed by atoms with Crippen LogP contribution in [0.1, 0.15) is 33.6 Å². The van der Waals surface area contributed by atoms with Crippen molar-refractivity contribution in [1.29, 1.82) is 0 Å². The summed E-state index contributed by atoms with van der Waals surface area (Å²) in [6, 6.07) is 15.3. The molecule has 0 fully saturated rings. The molecule has 0 saturated heterocycles. The number of amides is 1. The normalized spacial score (nSPS) is 12.8. The highest BCUT2D eigenvalue weighted by Gasteiger charge is 2.25. The van der Waals surface area contributed by atoms with Gasteiger partial charge in [-0.3, -0.25) is 18.7 Å². The summed E-state index contributed by atoms with van der Waals surface area (Å²) in [7, 11) is 0. The maximum absolute atomic E-state index is 13.5. The van der Waals surface area contributed by atoms with E-state index in [9.17, 15) is 14.4 Å². The Kier molecular flexibility index (Phi) is 5.50. The molecule has 33 heavy (non-hydrogen) atoms. The van der Waals surface area contributed by atoms with E-state index in [2.05, 4.69) is 5.32 Å². The van der Waals surface area contributed by atoms with Gasteiger partial charge in [-0.1, -0.05) is 48.5 Å². The Bertz CT molecular complexity index is 1480. The van der Waals surface area contributed by atoms with Crippen LogP contribution in [0.15, 0.2) is 58.1 Å². The molecule has 0 unspecified atom stereocenters. The Morgan fingerprint density at radius 2 is 1.70 bits per heavy atom. The third-order valence-electron chi connectivity index (χ3n) is 6.30. The lowest BCUT2D eigenvalue weighted by Gasteiger charge is -2.15. The molecular weight excluding hydrogens is 434 g/mol. The first-order valence-electron chi connectivity index (χ1n) is 11.1. The second kappa shape index (κ2) is 8.48. The smallest absolute Gasteiger partial charge is 0.324 e. The zero-order chi connectivity index (χ0) is 23.1. The van der Waals surface area contributed by atoms with Crippen molar-refractivity contribution in [3.8, 4) is 0 Å². The molecule has 0 radical (unpaired) electrons. The molecule has 2 heterocycles. The fraction of sp³-hybridized carbons (Fsp3) is 0.269. The molecule has 4 aromatic rings. The third kappa shape index (κ3) is 3.82. The number of nitrogens with zero attached hydrogens (tertiary/aromatic N) is 2. The number of aryl methyl sites for hydroxylation is 4. The fourth-order valence-electron chi connectivity index (χ4n) is 4.63. The summed E-state index contributed by atoms with van der Waals surface area (Å²) in [5.41, 5.74) is 3.89.